The van der Waals surface area contributed by atoms with Crippen molar-refractivity contribution in [1.29, 1.82) is 0 Å². The molecule has 0 unspecified atom stereocenters. The maximum absolute atomic E-state index is 12.1. The summed E-state index contributed by atoms with van der Waals surface area (Å²) < 4.78 is 28.9. The molecule has 13 heavy (non-hydrogen) atoms. The number of aromatic nitrogens is 1. The number of alkyl halides is 2. The lowest BCUT2D eigenvalue weighted by molar-refractivity contribution is 0.145. The van der Waals surface area contributed by atoms with Crippen LogP contribution in [0.4, 0.5) is 8.78 Å². The lowest BCUT2D eigenvalue weighted by Crippen LogP contribution is -2.10. The summed E-state index contributed by atoms with van der Waals surface area (Å²) in [5.41, 5.74) is -1.29. The average molecular weight is 210 g/mol. The number of pyridine rings is 1. The molecule has 1 heterocycles. The lowest BCUT2D eigenvalue weighted by atomic mass is 10.3. The zero-order chi connectivity index (χ0) is 10.0. The Hall–Kier alpha value is -1.10. The number of rotatable bonds is 2. The smallest absolute Gasteiger partial charge is 0.278 e. The van der Waals surface area contributed by atoms with Crippen LogP contribution in [-0.4, -0.2) is 12.1 Å². The second-order valence-corrected chi connectivity index (χ2v) is 2.61. The van der Waals surface area contributed by atoms with Crippen molar-refractivity contribution < 1.29 is 13.5 Å². The van der Waals surface area contributed by atoms with Gasteiger partial charge < -0.3 is 9.72 Å². The largest absolute Gasteiger partial charge is 0.495 e. The molecule has 0 saturated carbocycles. The topological polar surface area (TPSA) is 42.1 Å². The van der Waals surface area contributed by atoms with Crippen molar-refractivity contribution in [2.24, 2.45) is 0 Å². The maximum Gasteiger partial charge on any atom is 0.278 e. The van der Waals surface area contributed by atoms with E-state index in [1.165, 1.54) is 7.11 Å². The summed E-state index contributed by atoms with van der Waals surface area (Å²) in [5.74, 6) is -0.0549. The normalized spacial score (nSPS) is 10.5. The van der Waals surface area contributed by atoms with Crippen LogP contribution in [0.5, 0.6) is 5.75 Å². The van der Waals surface area contributed by atoms with Crippen LogP contribution in [-0.2, 0) is 0 Å². The highest BCUT2D eigenvalue weighted by Crippen LogP contribution is 2.24. The minimum Gasteiger partial charge on any atom is -0.495 e. The summed E-state index contributed by atoms with van der Waals surface area (Å²) in [6.07, 6.45) is -2.75. The number of hydrogen-bond acceptors (Lipinski definition) is 2. The van der Waals surface area contributed by atoms with Gasteiger partial charge >= 0.3 is 0 Å². The van der Waals surface area contributed by atoms with Gasteiger partial charge in [-0.1, -0.05) is 11.6 Å². The Morgan fingerprint density at radius 2 is 2.23 bits per heavy atom. The minimum absolute atomic E-state index is 0.0549. The summed E-state index contributed by atoms with van der Waals surface area (Å²) in [4.78, 5) is 12.9. The molecule has 0 amide bonds. The van der Waals surface area contributed by atoms with Gasteiger partial charge in [-0.05, 0) is 0 Å². The number of nitrogens with one attached hydrogen (secondary N) is 1. The van der Waals surface area contributed by atoms with Crippen LogP contribution in [0.25, 0.3) is 0 Å². The fourth-order valence-electron chi connectivity index (χ4n) is 0.805. The summed E-state index contributed by atoms with van der Waals surface area (Å²) in [7, 11) is 1.25. The van der Waals surface area contributed by atoms with Gasteiger partial charge in [0.1, 0.15) is 10.8 Å². The number of halogens is 3. The Bertz CT molecular complexity index is 364. The molecule has 0 aliphatic rings. The van der Waals surface area contributed by atoms with Crippen LogP contribution in [0, 0.1) is 0 Å². The highest BCUT2D eigenvalue weighted by Gasteiger charge is 2.13. The van der Waals surface area contributed by atoms with Crippen LogP contribution >= 0.6 is 11.6 Å². The summed E-state index contributed by atoms with van der Waals surface area (Å²) >= 11 is 5.46. The first-order valence-corrected chi connectivity index (χ1v) is 3.69. The van der Waals surface area contributed by atoms with E-state index < -0.39 is 17.7 Å². The molecule has 0 aliphatic heterocycles. The van der Waals surface area contributed by atoms with E-state index in [0.29, 0.717) is 0 Å². The third kappa shape index (κ3) is 1.98. The van der Waals surface area contributed by atoms with Crippen molar-refractivity contribution in [3.05, 3.63) is 27.1 Å². The summed E-state index contributed by atoms with van der Waals surface area (Å²) in [6.45, 7) is 0. The second-order valence-electron chi connectivity index (χ2n) is 2.24. The summed E-state index contributed by atoms with van der Waals surface area (Å²) in [5, 5.41) is -0.230. The third-order valence-corrected chi connectivity index (χ3v) is 1.77. The van der Waals surface area contributed by atoms with Crippen molar-refractivity contribution in [3.63, 3.8) is 0 Å². The number of hydrogen-bond donors (Lipinski definition) is 1. The predicted octanol–water partition coefficient (Wildman–Crippen LogP) is 1.97. The predicted molar refractivity (Wildman–Crippen MR) is 43.6 cm³/mol. The molecule has 3 nitrogen and oxygen atoms in total. The van der Waals surface area contributed by atoms with Gasteiger partial charge in [0.25, 0.3) is 12.0 Å². The fraction of sp³-hybridized carbons (Fsp3) is 0.286. The van der Waals surface area contributed by atoms with Crippen molar-refractivity contribution in [3.8, 4) is 5.75 Å². The van der Waals surface area contributed by atoms with Crippen molar-refractivity contribution in [2.45, 2.75) is 6.43 Å². The van der Waals surface area contributed by atoms with Crippen molar-refractivity contribution >= 4 is 11.6 Å². The molecule has 0 aliphatic carbocycles. The molecular weight excluding hydrogens is 204 g/mol. The van der Waals surface area contributed by atoms with E-state index in [1.807, 2.05) is 4.98 Å². The molecule has 0 spiro atoms. The molecule has 1 rings (SSSR count). The van der Waals surface area contributed by atoms with Gasteiger partial charge in [0, 0.05) is 6.07 Å². The molecule has 1 aromatic rings. The first kappa shape index (κ1) is 9.98. The van der Waals surface area contributed by atoms with Gasteiger partial charge in [-0.15, -0.1) is 0 Å². The van der Waals surface area contributed by atoms with E-state index >= 15 is 0 Å². The molecule has 0 radical (unpaired) electrons. The number of H-pyrrole nitrogens is 1. The van der Waals surface area contributed by atoms with Crippen LogP contribution in [0.2, 0.25) is 5.02 Å². The molecule has 1 aromatic heterocycles. The molecule has 0 fully saturated rings. The van der Waals surface area contributed by atoms with Crippen LogP contribution in [0.15, 0.2) is 10.9 Å². The highest BCUT2D eigenvalue weighted by molar-refractivity contribution is 6.31. The molecule has 6 heteroatoms. The Morgan fingerprint density at radius 1 is 1.62 bits per heavy atom. The van der Waals surface area contributed by atoms with Gasteiger partial charge in [-0.25, -0.2) is 8.78 Å². The highest BCUT2D eigenvalue weighted by atomic mass is 35.5. The lowest BCUT2D eigenvalue weighted by Gasteiger charge is -2.04. The van der Waals surface area contributed by atoms with Gasteiger partial charge in [0.05, 0.1) is 12.8 Å². The molecule has 1 N–H and O–H groups in total. The standard InChI is InChI=1S/C7H6ClF2NO2/c1-13-4-2-3(6(9)10)11-7(12)5(4)8/h2,6H,1H3,(H,11,12). The second kappa shape index (κ2) is 3.74. The average Bonchev–Trinajstić information content (AvgIpc) is 2.09. The van der Waals surface area contributed by atoms with Gasteiger partial charge in [-0.3, -0.25) is 4.79 Å². The third-order valence-electron chi connectivity index (χ3n) is 1.42. The number of aromatic amines is 1. The van der Waals surface area contributed by atoms with E-state index in [-0.39, 0.29) is 10.8 Å². The Balaban J connectivity index is 3.31. The van der Waals surface area contributed by atoms with Crippen LogP contribution in [0.3, 0.4) is 0 Å². The SMILES string of the molecule is COc1cc(C(F)F)[nH]c(=O)c1Cl. The number of methoxy groups -OCH3 is 1. The maximum atomic E-state index is 12.1. The molecular formula is C7H6ClF2NO2. The Morgan fingerprint density at radius 3 is 2.69 bits per heavy atom. The first-order chi connectivity index (χ1) is 6.06. The Labute approximate surface area is 77.3 Å². The van der Waals surface area contributed by atoms with E-state index in [2.05, 4.69) is 4.74 Å². The van der Waals surface area contributed by atoms with Gasteiger partial charge in [0.15, 0.2) is 0 Å². The first-order valence-electron chi connectivity index (χ1n) is 3.31. The summed E-state index contributed by atoms with van der Waals surface area (Å²) in [6, 6.07) is 0.994. The fourth-order valence-corrected chi connectivity index (χ4v) is 0.984. The van der Waals surface area contributed by atoms with Crippen molar-refractivity contribution in [1.82, 2.24) is 4.98 Å². The number of ether oxygens (including phenoxy) is 1. The molecule has 0 bridgehead atoms. The van der Waals surface area contributed by atoms with Gasteiger partial charge in [0.2, 0.25) is 0 Å². The van der Waals surface area contributed by atoms with E-state index in [0.717, 1.165) is 6.07 Å². The zero-order valence-corrected chi connectivity index (χ0v) is 7.36. The molecule has 0 aromatic carbocycles. The molecule has 72 valence electrons. The van der Waals surface area contributed by atoms with E-state index in [4.69, 9.17) is 11.6 Å². The van der Waals surface area contributed by atoms with E-state index in [9.17, 15) is 13.6 Å². The molecule has 0 atom stereocenters. The van der Waals surface area contributed by atoms with Crippen LogP contribution < -0.4 is 10.3 Å². The molecule has 0 saturated heterocycles. The van der Waals surface area contributed by atoms with Gasteiger partial charge in [-0.2, -0.15) is 0 Å². The Kier molecular flexibility index (Phi) is 2.87. The van der Waals surface area contributed by atoms with E-state index in [1.54, 1.807) is 0 Å². The monoisotopic (exact) mass is 209 g/mol. The van der Waals surface area contributed by atoms with Crippen LogP contribution in [0.1, 0.15) is 12.1 Å². The van der Waals surface area contributed by atoms with Crippen molar-refractivity contribution in [2.75, 3.05) is 7.11 Å². The zero-order valence-electron chi connectivity index (χ0n) is 6.61. The minimum atomic E-state index is -2.75. The quantitative estimate of drug-likeness (QED) is 0.809.